The summed E-state index contributed by atoms with van der Waals surface area (Å²) in [5.74, 6) is -3.24. The molecule has 1 N–H and O–H groups in total. The highest BCUT2D eigenvalue weighted by atomic mass is 16.3. The van der Waals surface area contributed by atoms with Crippen molar-refractivity contribution in [2.24, 2.45) is 17.8 Å². The highest BCUT2D eigenvalue weighted by Crippen LogP contribution is 2.46. The van der Waals surface area contributed by atoms with Crippen LogP contribution in [0, 0.1) is 17.8 Å². The summed E-state index contributed by atoms with van der Waals surface area (Å²) >= 11 is 0. The second-order valence-corrected chi connectivity index (χ2v) is 4.72. The lowest BCUT2D eigenvalue weighted by Crippen LogP contribution is -2.50. The van der Waals surface area contributed by atoms with Crippen LogP contribution in [-0.4, -0.2) is 40.3 Å². The molecule has 4 aliphatic rings. The Bertz CT molecular complexity index is 507. The van der Waals surface area contributed by atoms with Gasteiger partial charge in [-0.15, -0.1) is 0 Å². The third-order valence-electron chi connectivity index (χ3n) is 3.90. The third kappa shape index (κ3) is 1.04. The van der Waals surface area contributed by atoms with Crippen LogP contribution in [0.4, 0.5) is 0 Å². The van der Waals surface area contributed by atoms with Gasteiger partial charge < -0.3 is 5.11 Å². The lowest BCUT2D eigenvalue weighted by Gasteiger charge is -2.33. The molecule has 4 atom stereocenters. The minimum Gasteiger partial charge on any atom is -0.377 e. The van der Waals surface area contributed by atoms with Crippen molar-refractivity contribution in [3.63, 3.8) is 0 Å². The zero-order valence-corrected chi connectivity index (χ0v) is 9.16. The number of hydrogen-bond acceptors (Lipinski definition) is 4. The van der Waals surface area contributed by atoms with E-state index in [1.807, 2.05) is 0 Å². The summed E-state index contributed by atoms with van der Waals surface area (Å²) in [6, 6.07) is 0. The molecule has 0 aromatic carbocycles. The first-order valence-corrected chi connectivity index (χ1v) is 5.42. The minimum absolute atomic E-state index is 0.284. The molecule has 2 bridgehead atoms. The van der Waals surface area contributed by atoms with Crippen molar-refractivity contribution >= 4 is 17.6 Å². The van der Waals surface area contributed by atoms with Crippen LogP contribution in [0.25, 0.3) is 0 Å². The average Bonchev–Trinajstić information content (AvgIpc) is 2.44. The van der Waals surface area contributed by atoms with Gasteiger partial charge in [0.2, 0.25) is 11.8 Å². The van der Waals surface area contributed by atoms with E-state index in [1.165, 1.54) is 19.2 Å². The number of amides is 2. The summed E-state index contributed by atoms with van der Waals surface area (Å²) in [7, 11) is 1.39. The topological polar surface area (TPSA) is 74.7 Å². The normalized spacial score (nSPS) is 43.3. The van der Waals surface area contributed by atoms with Gasteiger partial charge in [-0.1, -0.05) is 12.2 Å². The van der Waals surface area contributed by atoms with Crippen LogP contribution in [0.15, 0.2) is 24.3 Å². The molecule has 1 fully saturated rings. The molecule has 4 rings (SSSR count). The summed E-state index contributed by atoms with van der Waals surface area (Å²) in [5.41, 5.74) is -1.86. The summed E-state index contributed by atoms with van der Waals surface area (Å²) in [5, 5.41) is 10.4. The zero-order chi connectivity index (χ0) is 12.4. The third-order valence-corrected chi connectivity index (χ3v) is 3.90. The number of fused-ring (bicyclic) bond motifs is 1. The Balaban J connectivity index is 2.23. The van der Waals surface area contributed by atoms with E-state index in [2.05, 4.69) is 0 Å². The van der Waals surface area contributed by atoms with E-state index >= 15 is 0 Å². The van der Waals surface area contributed by atoms with E-state index < -0.39 is 29.1 Å². The standard InChI is InChI=1S/C12H11NO4/c1-13-10(15)8-6-2-3-7(14)12(17,5-4-6)9(8)11(13)16/h2-6,8-9,17H,1H3/t6-,8-,9+,12+/m1/s1. The molecule has 1 aliphatic heterocycles. The summed E-state index contributed by atoms with van der Waals surface area (Å²) in [4.78, 5) is 36.8. The molecule has 2 amide bonds. The fourth-order valence-electron chi connectivity index (χ4n) is 2.92. The van der Waals surface area contributed by atoms with Gasteiger partial charge in [0.05, 0.1) is 11.8 Å². The van der Waals surface area contributed by atoms with Crippen molar-refractivity contribution in [1.82, 2.24) is 4.90 Å². The van der Waals surface area contributed by atoms with Gasteiger partial charge in [0.15, 0.2) is 11.4 Å². The van der Waals surface area contributed by atoms with Gasteiger partial charge in [-0.25, -0.2) is 0 Å². The van der Waals surface area contributed by atoms with E-state index in [0.29, 0.717) is 0 Å². The maximum atomic E-state index is 12.0. The number of aliphatic hydroxyl groups is 1. The molecule has 5 heteroatoms. The first-order chi connectivity index (χ1) is 7.97. The van der Waals surface area contributed by atoms with Gasteiger partial charge in [-0.2, -0.15) is 0 Å². The Morgan fingerprint density at radius 3 is 2.65 bits per heavy atom. The molecule has 88 valence electrons. The number of allylic oxidation sites excluding steroid dienone is 2. The molecule has 1 saturated heterocycles. The molecule has 0 radical (unpaired) electrons. The number of imide groups is 1. The van der Waals surface area contributed by atoms with Gasteiger partial charge in [-0.3, -0.25) is 19.3 Å². The van der Waals surface area contributed by atoms with Crippen molar-refractivity contribution in [1.29, 1.82) is 0 Å². The van der Waals surface area contributed by atoms with Crippen molar-refractivity contribution in [3.05, 3.63) is 24.3 Å². The molecule has 0 aromatic rings. The number of ketones is 1. The van der Waals surface area contributed by atoms with Crippen LogP contribution in [0.1, 0.15) is 0 Å². The molecule has 0 spiro atoms. The Morgan fingerprint density at radius 1 is 1.24 bits per heavy atom. The molecule has 0 aromatic heterocycles. The SMILES string of the molecule is CN1C(=O)[C@@H]2[C@@H]3C=CC(=O)[C@@](O)(C=C3)[C@@H]2C1=O. The zero-order valence-electron chi connectivity index (χ0n) is 9.16. The van der Waals surface area contributed by atoms with Gasteiger partial charge >= 0.3 is 0 Å². The predicted molar refractivity (Wildman–Crippen MR) is 56.5 cm³/mol. The van der Waals surface area contributed by atoms with E-state index in [-0.39, 0.29) is 11.8 Å². The van der Waals surface area contributed by atoms with Gasteiger partial charge in [0.25, 0.3) is 0 Å². The molecule has 0 saturated carbocycles. The van der Waals surface area contributed by atoms with Crippen molar-refractivity contribution in [3.8, 4) is 0 Å². The van der Waals surface area contributed by atoms with Crippen LogP contribution in [0.5, 0.6) is 0 Å². The molecule has 1 heterocycles. The van der Waals surface area contributed by atoms with Crippen LogP contribution in [0.3, 0.4) is 0 Å². The van der Waals surface area contributed by atoms with E-state index in [9.17, 15) is 19.5 Å². The molecular weight excluding hydrogens is 222 g/mol. The molecular formula is C12H11NO4. The smallest absolute Gasteiger partial charge is 0.236 e. The summed E-state index contributed by atoms with van der Waals surface area (Å²) in [6.07, 6.45) is 5.84. The Labute approximate surface area is 97.4 Å². The quantitative estimate of drug-likeness (QED) is 0.442. The van der Waals surface area contributed by atoms with Gasteiger partial charge in [0, 0.05) is 13.0 Å². The highest BCUT2D eigenvalue weighted by molar-refractivity contribution is 6.12. The van der Waals surface area contributed by atoms with E-state index in [1.54, 1.807) is 12.2 Å². The van der Waals surface area contributed by atoms with Gasteiger partial charge in [-0.05, 0) is 12.2 Å². The molecule has 17 heavy (non-hydrogen) atoms. The first kappa shape index (κ1) is 10.4. The number of carbonyl (C=O) groups is 3. The first-order valence-electron chi connectivity index (χ1n) is 5.42. The van der Waals surface area contributed by atoms with Crippen LogP contribution < -0.4 is 0 Å². The second kappa shape index (κ2) is 2.92. The lowest BCUT2D eigenvalue weighted by atomic mass is 9.70. The summed E-state index contributed by atoms with van der Waals surface area (Å²) in [6.45, 7) is 0. The number of nitrogens with zero attached hydrogens (tertiary/aromatic N) is 1. The average molecular weight is 233 g/mol. The van der Waals surface area contributed by atoms with Gasteiger partial charge in [0.1, 0.15) is 0 Å². The number of carbonyl (C=O) groups excluding carboxylic acids is 3. The van der Waals surface area contributed by atoms with E-state index in [4.69, 9.17) is 0 Å². The Hall–Kier alpha value is -1.75. The van der Waals surface area contributed by atoms with Crippen molar-refractivity contribution < 1.29 is 19.5 Å². The predicted octanol–water partition coefficient (Wildman–Crippen LogP) is -0.727. The van der Waals surface area contributed by atoms with Crippen molar-refractivity contribution in [2.75, 3.05) is 7.05 Å². The van der Waals surface area contributed by atoms with E-state index in [0.717, 1.165) is 4.90 Å². The number of hydrogen-bond donors (Lipinski definition) is 1. The fraction of sp³-hybridized carbons (Fsp3) is 0.417. The largest absolute Gasteiger partial charge is 0.377 e. The molecule has 0 unspecified atom stereocenters. The maximum absolute atomic E-state index is 12.0. The number of likely N-dealkylation sites (tertiary alicyclic amines) is 1. The highest BCUT2D eigenvalue weighted by Gasteiger charge is 2.61. The maximum Gasteiger partial charge on any atom is 0.236 e. The molecule has 3 aliphatic carbocycles. The molecule has 5 nitrogen and oxygen atoms in total. The Morgan fingerprint density at radius 2 is 1.94 bits per heavy atom. The Kier molecular flexibility index (Phi) is 1.79. The van der Waals surface area contributed by atoms with Crippen LogP contribution in [0.2, 0.25) is 0 Å². The summed E-state index contributed by atoms with van der Waals surface area (Å²) < 4.78 is 0. The number of rotatable bonds is 0. The van der Waals surface area contributed by atoms with Crippen LogP contribution >= 0.6 is 0 Å². The van der Waals surface area contributed by atoms with Crippen LogP contribution in [-0.2, 0) is 14.4 Å². The monoisotopic (exact) mass is 233 g/mol. The fourth-order valence-corrected chi connectivity index (χ4v) is 2.92. The second-order valence-electron chi connectivity index (χ2n) is 4.72. The van der Waals surface area contributed by atoms with Crippen molar-refractivity contribution in [2.45, 2.75) is 5.60 Å². The lowest BCUT2D eigenvalue weighted by molar-refractivity contribution is -0.145. The minimum atomic E-state index is -1.86.